The van der Waals surface area contributed by atoms with Gasteiger partial charge < -0.3 is 24.6 Å². The minimum atomic E-state index is -1.11. The lowest BCUT2D eigenvalue weighted by atomic mass is 9.69. The van der Waals surface area contributed by atoms with Crippen LogP contribution in [0.5, 0.6) is 11.5 Å². The fourth-order valence-electron chi connectivity index (χ4n) is 4.64. The zero-order valence-corrected chi connectivity index (χ0v) is 20.3. The molecule has 0 radical (unpaired) electrons. The predicted octanol–water partition coefficient (Wildman–Crippen LogP) is 2.87. The number of nitro groups is 1. The second kappa shape index (κ2) is 9.77. The molecule has 1 aliphatic heterocycles. The molecule has 11 heteroatoms. The molecule has 0 aromatic heterocycles. The number of phenolic OH excluding ortho intramolecular Hbond substituents is 1. The Morgan fingerprint density at radius 3 is 2.46 bits per heavy atom. The number of carbonyl (C=O) groups excluding carboxylic acids is 3. The highest BCUT2D eigenvalue weighted by molar-refractivity contribution is 6.12. The van der Waals surface area contributed by atoms with Crippen LogP contribution in [0.2, 0.25) is 0 Å². The molecule has 0 fully saturated rings. The number of aromatic hydroxyl groups is 1. The Bertz CT molecular complexity index is 1170. The van der Waals surface area contributed by atoms with Crippen molar-refractivity contribution in [2.75, 3.05) is 14.2 Å². The smallest absolute Gasteiger partial charge is 0.337 e. The monoisotopic (exact) mass is 488 g/mol. The number of ketones is 1. The molecule has 0 bridgehead atoms. The van der Waals surface area contributed by atoms with Crippen LogP contribution in [-0.4, -0.2) is 48.1 Å². The number of benzene rings is 1. The number of phenols is 1. The summed E-state index contributed by atoms with van der Waals surface area (Å²) in [7, 11) is 2.41. The van der Waals surface area contributed by atoms with E-state index in [-0.39, 0.29) is 28.4 Å². The topological polar surface area (TPSA) is 154 Å². The normalized spacial score (nSPS) is 21.9. The molecule has 1 heterocycles. The molecule has 11 nitrogen and oxygen atoms in total. The fourth-order valence-corrected chi connectivity index (χ4v) is 4.64. The van der Waals surface area contributed by atoms with Gasteiger partial charge in [0.05, 0.1) is 30.8 Å². The van der Waals surface area contributed by atoms with Gasteiger partial charge in [-0.05, 0) is 44.7 Å². The minimum absolute atomic E-state index is 0.0611. The number of nitrogens with zero attached hydrogens (tertiary/aromatic N) is 1. The lowest BCUT2D eigenvalue weighted by molar-refractivity contribution is -0.386. The SMILES string of the molecule is COC(=O)[C@H]1C(=O)C2=C(C[C@@H]1C)NC(C)=C(C(=O)OC(C)C)[C@@H]2c1cc(OC)c(O)c([N+](=O)[O-])c1. The van der Waals surface area contributed by atoms with Gasteiger partial charge >= 0.3 is 17.6 Å². The number of esters is 2. The Balaban J connectivity index is 2.32. The first-order valence-corrected chi connectivity index (χ1v) is 11.0. The number of ether oxygens (including phenoxy) is 3. The molecule has 2 aliphatic rings. The molecule has 0 unspecified atom stereocenters. The van der Waals surface area contributed by atoms with Crippen LogP contribution in [0.3, 0.4) is 0 Å². The van der Waals surface area contributed by atoms with Crippen molar-refractivity contribution in [3.8, 4) is 11.5 Å². The van der Waals surface area contributed by atoms with Gasteiger partial charge in [0.2, 0.25) is 5.75 Å². The van der Waals surface area contributed by atoms with E-state index in [1.165, 1.54) is 20.3 Å². The number of dihydropyridines is 1. The summed E-state index contributed by atoms with van der Waals surface area (Å²) < 4.78 is 15.4. The molecule has 2 N–H and O–H groups in total. The minimum Gasteiger partial charge on any atom is -0.500 e. The molecule has 1 aromatic carbocycles. The third-order valence-corrected chi connectivity index (χ3v) is 6.13. The van der Waals surface area contributed by atoms with Crippen LogP contribution in [0.4, 0.5) is 5.69 Å². The average Bonchev–Trinajstić information content (AvgIpc) is 2.77. The summed E-state index contributed by atoms with van der Waals surface area (Å²) >= 11 is 0. The Morgan fingerprint density at radius 2 is 1.91 bits per heavy atom. The molecule has 35 heavy (non-hydrogen) atoms. The molecule has 3 atom stereocenters. The van der Waals surface area contributed by atoms with E-state index in [0.717, 1.165) is 6.07 Å². The van der Waals surface area contributed by atoms with Crippen molar-refractivity contribution in [2.45, 2.75) is 46.1 Å². The van der Waals surface area contributed by atoms with E-state index in [0.29, 0.717) is 17.8 Å². The largest absolute Gasteiger partial charge is 0.500 e. The van der Waals surface area contributed by atoms with Crippen LogP contribution in [0, 0.1) is 22.0 Å². The zero-order valence-electron chi connectivity index (χ0n) is 20.3. The third-order valence-electron chi connectivity index (χ3n) is 6.13. The summed E-state index contributed by atoms with van der Waals surface area (Å²) in [4.78, 5) is 50.3. The molecule has 3 rings (SSSR count). The number of methoxy groups -OCH3 is 2. The lowest BCUT2D eigenvalue weighted by Crippen LogP contribution is -2.43. The van der Waals surface area contributed by atoms with E-state index < -0.39 is 52.0 Å². The molecule has 0 amide bonds. The number of rotatable bonds is 6. The van der Waals surface area contributed by atoms with Crippen molar-refractivity contribution < 1.29 is 38.6 Å². The van der Waals surface area contributed by atoms with Crippen LogP contribution in [0.15, 0.2) is 34.7 Å². The van der Waals surface area contributed by atoms with Crippen LogP contribution in [0.25, 0.3) is 0 Å². The van der Waals surface area contributed by atoms with Crippen molar-refractivity contribution in [2.24, 2.45) is 11.8 Å². The van der Waals surface area contributed by atoms with Crippen LogP contribution < -0.4 is 10.1 Å². The van der Waals surface area contributed by atoms with E-state index in [2.05, 4.69) is 5.32 Å². The molecule has 1 aliphatic carbocycles. The summed E-state index contributed by atoms with van der Waals surface area (Å²) in [5.74, 6) is -5.49. The first kappa shape index (κ1) is 25.7. The van der Waals surface area contributed by atoms with E-state index in [1.807, 2.05) is 0 Å². The summed E-state index contributed by atoms with van der Waals surface area (Å²) in [6, 6.07) is 2.42. The highest BCUT2D eigenvalue weighted by Crippen LogP contribution is 2.48. The second-order valence-corrected chi connectivity index (χ2v) is 8.84. The lowest BCUT2D eigenvalue weighted by Gasteiger charge is -2.38. The van der Waals surface area contributed by atoms with E-state index in [4.69, 9.17) is 14.2 Å². The van der Waals surface area contributed by atoms with Crippen molar-refractivity contribution in [3.05, 3.63) is 50.4 Å². The van der Waals surface area contributed by atoms with E-state index in [1.54, 1.807) is 27.7 Å². The predicted molar refractivity (Wildman–Crippen MR) is 122 cm³/mol. The number of hydrogen-bond acceptors (Lipinski definition) is 10. The van der Waals surface area contributed by atoms with E-state index in [9.17, 15) is 29.6 Å². The van der Waals surface area contributed by atoms with Crippen LogP contribution in [0.1, 0.15) is 45.6 Å². The van der Waals surface area contributed by atoms with Gasteiger partial charge in [-0.1, -0.05) is 6.92 Å². The maximum atomic E-state index is 13.7. The summed E-state index contributed by atoms with van der Waals surface area (Å²) in [6.07, 6.45) is -0.175. The summed E-state index contributed by atoms with van der Waals surface area (Å²) in [5, 5.41) is 25.0. The molecule has 188 valence electrons. The standard InChI is InChI=1S/C24H28N2O9/c1-10(2)35-24(30)18-12(4)25-14-7-11(3)17(23(29)34-6)22(28)20(14)19(18)13-8-15(26(31)32)21(27)16(9-13)33-5/h8-11,17,19,25,27H,7H2,1-6H3/t11-,17+,19-/m0/s1. The number of hydrogen-bond donors (Lipinski definition) is 2. The number of allylic oxidation sites excluding steroid dienone is 3. The highest BCUT2D eigenvalue weighted by Gasteiger charge is 2.47. The maximum absolute atomic E-state index is 13.7. The number of carbonyl (C=O) groups is 3. The van der Waals surface area contributed by atoms with Crippen LogP contribution in [-0.2, 0) is 23.9 Å². The van der Waals surface area contributed by atoms with Gasteiger partial charge in [0.25, 0.3) is 0 Å². The zero-order chi connectivity index (χ0) is 26.2. The summed E-state index contributed by atoms with van der Waals surface area (Å²) in [5.41, 5.74) is 0.580. The quantitative estimate of drug-likeness (QED) is 0.264. The Labute approximate surface area is 201 Å². The Morgan fingerprint density at radius 1 is 1.26 bits per heavy atom. The Kier molecular flexibility index (Phi) is 7.18. The molecule has 0 saturated carbocycles. The van der Waals surface area contributed by atoms with Crippen molar-refractivity contribution >= 4 is 23.4 Å². The number of nitrogens with one attached hydrogen (secondary N) is 1. The molecule has 0 saturated heterocycles. The van der Waals surface area contributed by atoms with Gasteiger partial charge in [-0.15, -0.1) is 0 Å². The highest BCUT2D eigenvalue weighted by atomic mass is 16.6. The third kappa shape index (κ3) is 4.58. The van der Waals surface area contributed by atoms with Gasteiger partial charge in [0, 0.05) is 29.0 Å². The van der Waals surface area contributed by atoms with Crippen molar-refractivity contribution in [3.63, 3.8) is 0 Å². The molecular weight excluding hydrogens is 460 g/mol. The van der Waals surface area contributed by atoms with Gasteiger partial charge in [-0.3, -0.25) is 19.7 Å². The van der Waals surface area contributed by atoms with Crippen LogP contribution >= 0.6 is 0 Å². The second-order valence-electron chi connectivity index (χ2n) is 8.84. The van der Waals surface area contributed by atoms with Gasteiger partial charge in [0.15, 0.2) is 11.5 Å². The number of Topliss-reactive ketones (excluding diaryl/α,β-unsaturated/α-hetero) is 1. The molecule has 1 aromatic rings. The summed E-state index contributed by atoms with van der Waals surface area (Å²) in [6.45, 7) is 6.72. The van der Waals surface area contributed by atoms with Crippen molar-refractivity contribution in [1.29, 1.82) is 0 Å². The first-order valence-electron chi connectivity index (χ1n) is 11.0. The maximum Gasteiger partial charge on any atom is 0.337 e. The first-order chi connectivity index (χ1) is 16.4. The molecular formula is C24H28N2O9. The molecule has 0 spiro atoms. The fraction of sp³-hybridized carbons (Fsp3) is 0.458. The van der Waals surface area contributed by atoms with Crippen molar-refractivity contribution in [1.82, 2.24) is 5.32 Å². The van der Waals surface area contributed by atoms with Gasteiger partial charge in [0.1, 0.15) is 5.92 Å². The van der Waals surface area contributed by atoms with Gasteiger partial charge in [-0.25, -0.2) is 4.79 Å². The van der Waals surface area contributed by atoms with E-state index >= 15 is 0 Å². The van der Waals surface area contributed by atoms with Gasteiger partial charge in [-0.2, -0.15) is 0 Å². The Hall–Kier alpha value is -3.89. The number of nitro benzene ring substituents is 1. The average molecular weight is 488 g/mol.